The zero-order chi connectivity index (χ0) is 20.4. The maximum Gasteiger partial charge on any atom is 0.359 e. The maximum atomic E-state index is 13.1. The first-order valence-electron chi connectivity index (χ1n) is 10.4. The average molecular weight is 416 g/mol. The molecule has 1 saturated carbocycles. The largest absolute Gasteiger partial charge is 0.461 e. The molecule has 1 aromatic heterocycles. The predicted molar refractivity (Wildman–Crippen MR) is 110 cm³/mol. The Balaban J connectivity index is 1.66. The Kier molecular flexibility index (Phi) is 5.90. The molecule has 0 radical (unpaired) electrons. The van der Waals surface area contributed by atoms with Crippen molar-refractivity contribution in [2.75, 3.05) is 13.2 Å². The van der Waals surface area contributed by atoms with Gasteiger partial charge in [0.05, 0.1) is 18.0 Å². The molecule has 29 heavy (non-hydrogen) atoms. The Hall–Kier alpha value is -2.34. The number of fused-ring (bicyclic) bond motifs is 1. The summed E-state index contributed by atoms with van der Waals surface area (Å²) in [4.78, 5) is 27.5. The van der Waals surface area contributed by atoms with Crippen LogP contribution < -0.4 is 0 Å². The molecule has 154 valence electrons. The monoisotopic (exact) mass is 415 g/mol. The molecule has 0 atom stereocenters. The van der Waals surface area contributed by atoms with Gasteiger partial charge in [-0.15, -0.1) is 0 Å². The van der Waals surface area contributed by atoms with Gasteiger partial charge >= 0.3 is 5.97 Å². The second-order valence-electron chi connectivity index (χ2n) is 7.73. The highest BCUT2D eigenvalue weighted by Gasteiger charge is 2.33. The van der Waals surface area contributed by atoms with E-state index in [2.05, 4.69) is 5.10 Å². The number of rotatable bonds is 4. The first kappa shape index (κ1) is 20.0. The number of hydrogen-bond donors (Lipinski definition) is 0. The highest BCUT2D eigenvalue weighted by atomic mass is 35.5. The second kappa shape index (κ2) is 8.57. The van der Waals surface area contributed by atoms with Crippen LogP contribution in [-0.2, 0) is 22.5 Å². The minimum atomic E-state index is -0.441. The third-order valence-corrected chi connectivity index (χ3v) is 6.12. The average Bonchev–Trinajstić information content (AvgIpc) is 3.13. The van der Waals surface area contributed by atoms with Gasteiger partial charge in [0.1, 0.15) is 0 Å². The molecule has 1 fully saturated rings. The topological polar surface area (TPSA) is 64.4 Å². The summed E-state index contributed by atoms with van der Waals surface area (Å²) in [6.07, 6.45) is 6.06. The first-order chi connectivity index (χ1) is 14.1. The van der Waals surface area contributed by atoms with E-state index in [0.29, 0.717) is 30.2 Å². The van der Waals surface area contributed by atoms with Crippen LogP contribution in [0, 0.1) is 5.92 Å². The molecule has 0 N–H and O–H groups in total. The summed E-state index contributed by atoms with van der Waals surface area (Å²) >= 11 is 6.02. The van der Waals surface area contributed by atoms with Gasteiger partial charge in [-0.3, -0.25) is 4.79 Å². The molecule has 0 bridgehead atoms. The zero-order valence-corrected chi connectivity index (χ0v) is 17.5. The van der Waals surface area contributed by atoms with Gasteiger partial charge in [0, 0.05) is 36.0 Å². The van der Waals surface area contributed by atoms with E-state index in [0.717, 1.165) is 42.6 Å². The number of ether oxygens (including phenoxy) is 1. The van der Waals surface area contributed by atoms with E-state index >= 15 is 0 Å². The lowest BCUT2D eigenvalue weighted by molar-refractivity contribution is -0.137. The Morgan fingerprint density at radius 2 is 1.90 bits per heavy atom. The lowest BCUT2D eigenvalue weighted by atomic mass is 9.87. The number of esters is 1. The molecule has 2 aliphatic rings. The van der Waals surface area contributed by atoms with Crippen LogP contribution in [0.15, 0.2) is 24.3 Å². The number of carbonyl (C=O) groups is 2. The molecule has 1 aliphatic heterocycles. The second-order valence-corrected chi connectivity index (χ2v) is 8.16. The zero-order valence-electron chi connectivity index (χ0n) is 16.7. The SMILES string of the molecule is CCOC(=O)c1nn(-c2ccc(Cl)cc2)c2c1CN(C(=O)C1CCCCC1)CC2. The molecule has 1 aliphatic carbocycles. The normalized spacial score (nSPS) is 17.1. The number of halogens is 1. The third-order valence-electron chi connectivity index (χ3n) is 5.86. The summed E-state index contributed by atoms with van der Waals surface area (Å²) < 4.78 is 7.03. The smallest absolute Gasteiger partial charge is 0.359 e. The molecular weight excluding hydrogens is 390 g/mol. The summed E-state index contributed by atoms with van der Waals surface area (Å²) in [5.74, 6) is -0.115. The fraction of sp³-hybridized carbons (Fsp3) is 0.500. The fourth-order valence-electron chi connectivity index (χ4n) is 4.37. The molecule has 2 heterocycles. The minimum Gasteiger partial charge on any atom is -0.461 e. The molecule has 1 amide bonds. The van der Waals surface area contributed by atoms with Gasteiger partial charge in [-0.05, 0) is 44.0 Å². The fourth-order valence-corrected chi connectivity index (χ4v) is 4.50. The molecule has 0 saturated heterocycles. The van der Waals surface area contributed by atoms with E-state index < -0.39 is 5.97 Å². The van der Waals surface area contributed by atoms with E-state index in [1.165, 1.54) is 6.42 Å². The molecule has 1 aromatic carbocycles. The predicted octanol–water partition coefficient (Wildman–Crippen LogP) is 4.17. The van der Waals surface area contributed by atoms with Crippen LogP contribution in [0.25, 0.3) is 5.69 Å². The van der Waals surface area contributed by atoms with Crippen LogP contribution in [0.3, 0.4) is 0 Å². The van der Waals surface area contributed by atoms with Gasteiger partial charge < -0.3 is 9.64 Å². The van der Waals surface area contributed by atoms with Crippen molar-refractivity contribution < 1.29 is 14.3 Å². The number of benzene rings is 1. The van der Waals surface area contributed by atoms with Crippen molar-refractivity contribution in [2.45, 2.75) is 52.0 Å². The van der Waals surface area contributed by atoms with Crippen molar-refractivity contribution in [3.8, 4) is 5.69 Å². The van der Waals surface area contributed by atoms with Gasteiger partial charge in [-0.25, -0.2) is 9.48 Å². The van der Waals surface area contributed by atoms with Crippen LogP contribution in [0.1, 0.15) is 60.8 Å². The Morgan fingerprint density at radius 3 is 2.59 bits per heavy atom. The van der Waals surface area contributed by atoms with Crippen molar-refractivity contribution in [1.29, 1.82) is 0 Å². The van der Waals surface area contributed by atoms with Crippen molar-refractivity contribution >= 4 is 23.5 Å². The minimum absolute atomic E-state index is 0.114. The van der Waals surface area contributed by atoms with E-state index in [9.17, 15) is 9.59 Å². The van der Waals surface area contributed by atoms with Crippen molar-refractivity contribution in [3.05, 3.63) is 46.2 Å². The van der Waals surface area contributed by atoms with Crippen LogP contribution in [0.2, 0.25) is 5.02 Å². The number of nitrogens with zero attached hydrogens (tertiary/aromatic N) is 3. The van der Waals surface area contributed by atoms with Crippen LogP contribution >= 0.6 is 11.6 Å². The molecule has 0 spiro atoms. The summed E-state index contributed by atoms with van der Waals surface area (Å²) in [6, 6.07) is 7.36. The van der Waals surface area contributed by atoms with Crippen molar-refractivity contribution in [2.24, 2.45) is 5.92 Å². The van der Waals surface area contributed by atoms with Gasteiger partial charge in [0.2, 0.25) is 5.91 Å². The van der Waals surface area contributed by atoms with Crippen LogP contribution in [0.5, 0.6) is 0 Å². The molecule has 6 nitrogen and oxygen atoms in total. The lowest BCUT2D eigenvalue weighted by Gasteiger charge is -2.32. The molecule has 7 heteroatoms. The molecule has 2 aromatic rings. The van der Waals surface area contributed by atoms with E-state index in [1.807, 2.05) is 17.0 Å². The van der Waals surface area contributed by atoms with Gasteiger partial charge in [0.15, 0.2) is 5.69 Å². The highest BCUT2D eigenvalue weighted by molar-refractivity contribution is 6.30. The van der Waals surface area contributed by atoms with E-state index in [1.54, 1.807) is 23.7 Å². The van der Waals surface area contributed by atoms with Gasteiger partial charge in [-0.2, -0.15) is 5.10 Å². The number of carbonyl (C=O) groups excluding carboxylic acids is 2. The molecule has 0 unspecified atom stereocenters. The van der Waals surface area contributed by atoms with Crippen molar-refractivity contribution in [1.82, 2.24) is 14.7 Å². The summed E-state index contributed by atoms with van der Waals surface area (Å²) in [7, 11) is 0. The van der Waals surface area contributed by atoms with Crippen molar-refractivity contribution in [3.63, 3.8) is 0 Å². The standard InChI is InChI=1S/C22H26ClN3O3/c1-2-29-22(28)20-18-14-25(21(27)15-6-4-3-5-7-15)13-12-19(18)26(24-20)17-10-8-16(23)9-11-17/h8-11,15H,2-7,12-14H2,1H3. The lowest BCUT2D eigenvalue weighted by Crippen LogP contribution is -2.40. The third kappa shape index (κ3) is 4.04. The van der Waals surface area contributed by atoms with Crippen LogP contribution in [0.4, 0.5) is 0 Å². The first-order valence-corrected chi connectivity index (χ1v) is 10.8. The summed E-state index contributed by atoms with van der Waals surface area (Å²) in [5, 5.41) is 5.22. The summed E-state index contributed by atoms with van der Waals surface area (Å²) in [6.45, 7) is 3.11. The van der Waals surface area contributed by atoms with Crippen LogP contribution in [-0.4, -0.2) is 39.7 Å². The maximum absolute atomic E-state index is 13.1. The number of hydrogen-bond acceptors (Lipinski definition) is 4. The Morgan fingerprint density at radius 1 is 1.17 bits per heavy atom. The number of amides is 1. The Labute approximate surface area is 175 Å². The Bertz CT molecular complexity index is 901. The summed E-state index contributed by atoms with van der Waals surface area (Å²) in [5.41, 5.74) is 2.91. The molecular formula is C22H26ClN3O3. The van der Waals surface area contributed by atoms with Gasteiger partial charge in [0.25, 0.3) is 0 Å². The number of aromatic nitrogens is 2. The van der Waals surface area contributed by atoms with E-state index in [-0.39, 0.29) is 18.4 Å². The molecule has 4 rings (SSSR count). The van der Waals surface area contributed by atoms with E-state index in [4.69, 9.17) is 16.3 Å². The quantitative estimate of drug-likeness (QED) is 0.703. The van der Waals surface area contributed by atoms with Gasteiger partial charge in [-0.1, -0.05) is 30.9 Å². The highest BCUT2D eigenvalue weighted by Crippen LogP contribution is 2.30.